The van der Waals surface area contributed by atoms with E-state index in [0.717, 1.165) is 25.1 Å². The van der Waals surface area contributed by atoms with E-state index in [2.05, 4.69) is 22.4 Å². The van der Waals surface area contributed by atoms with Crippen LogP contribution in [-0.2, 0) is 5.41 Å². The standard InChI is InChI=1S/C13H15N3O2/c1-13(5-6-14-8-13)12-15-11(16-18-12)9-3-2-4-10(17)7-9/h2-4,7,14,17H,5-6,8H2,1H3. The van der Waals surface area contributed by atoms with Crippen molar-refractivity contribution in [1.29, 1.82) is 0 Å². The Morgan fingerprint density at radius 3 is 3.06 bits per heavy atom. The van der Waals surface area contributed by atoms with E-state index in [1.807, 2.05) is 6.07 Å². The van der Waals surface area contributed by atoms with Crippen LogP contribution in [0, 0.1) is 0 Å². The molecule has 94 valence electrons. The van der Waals surface area contributed by atoms with E-state index in [0.29, 0.717) is 11.7 Å². The molecule has 18 heavy (non-hydrogen) atoms. The summed E-state index contributed by atoms with van der Waals surface area (Å²) in [4.78, 5) is 4.45. The predicted octanol–water partition coefficient (Wildman–Crippen LogP) is 1.69. The molecule has 3 rings (SSSR count). The molecule has 0 spiro atoms. The first-order chi connectivity index (χ1) is 8.67. The van der Waals surface area contributed by atoms with Crippen LogP contribution in [0.4, 0.5) is 0 Å². The molecule has 0 aliphatic carbocycles. The third-order valence-corrected chi connectivity index (χ3v) is 3.42. The highest BCUT2D eigenvalue weighted by atomic mass is 16.5. The second-order valence-electron chi connectivity index (χ2n) is 4.96. The third-order valence-electron chi connectivity index (χ3n) is 3.42. The SMILES string of the molecule is CC1(c2nc(-c3cccc(O)c3)no2)CCNC1. The normalized spacial score (nSPS) is 23.4. The van der Waals surface area contributed by atoms with Gasteiger partial charge in [-0.15, -0.1) is 0 Å². The molecule has 5 heteroatoms. The molecule has 1 aromatic heterocycles. The minimum atomic E-state index is -0.0813. The molecule has 1 fully saturated rings. The van der Waals surface area contributed by atoms with Gasteiger partial charge in [-0.05, 0) is 32.0 Å². The third kappa shape index (κ3) is 1.86. The summed E-state index contributed by atoms with van der Waals surface area (Å²) >= 11 is 0. The lowest BCUT2D eigenvalue weighted by Crippen LogP contribution is -2.25. The quantitative estimate of drug-likeness (QED) is 0.842. The fourth-order valence-electron chi connectivity index (χ4n) is 2.23. The molecule has 1 saturated heterocycles. The van der Waals surface area contributed by atoms with Crippen molar-refractivity contribution in [2.24, 2.45) is 0 Å². The van der Waals surface area contributed by atoms with Crippen molar-refractivity contribution in [2.75, 3.05) is 13.1 Å². The van der Waals surface area contributed by atoms with Crippen molar-refractivity contribution in [3.05, 3.63) is 30.2 Å². The molecule has 2 heterocycles. The second kappa shape index (κ2) is 4.10. The Balaban J connectivity index is 1.94. The zero-order valence-corrected chi connectivity index (χ0v) is 10.2. The zero-order chi connectivity index (χ0) is 12.6. The van der Waals surface area contributed by atoms with E-state index < -0.39 is 0 Å². The lowest BCUT2D eigenvalue weighted by atomic mass is 9.90. The first-order valence-corrected chi connectivity index (χ1v) is 6.02. The van der Waals surface area contributed by atoms with Gasteiger partial charge in [0.25, 0.3) is 0 Å². The number of nitrogens with one attached hydrogen (secondary N) is 1. The molecular weight excluding hydrogens is 230 g/mol. The number of aromatic nitrogens is 2. The number of phenols is 1. The topological polar surface area (TPSA) is 71.2 Å². The average molecular weight is 245 g/mol. The summed E-state index contributed by atoms with van der Waals surface area (Å²) in [6.45, 7) is 3.95. The second-order valence-corrected chi connectivity index (χ2v) is 4.96. The molecule has 2 N–H and O–H groups in total. The number of hydrogen-bond acceptors (Lipinski definition) is 5. The Kier molecular flexibility index (Phi) is 2.56. The van der Waals surface area contributed by atoms with Crippen LogP contribution in [0.2, 0.25) is 0 Å². The molecule has 1 atom stereocenters. The smallest absolute Gasteiger partial charge is 0.234 e. The van der Waals surface area contributed by atoms with E-state index in [1.54, 1.807) is 18.2 Å². The Morgan fingerprint density at radius 1 is 1.44 bits per heavy atom. The largest absolute Gasteiger partial charge is 0.508 e. The minimum absolute atomic E-state index is 0.0813. The molecule has 0 amide bonds. The highest BCUT2D eigenvalue weighted by molar-refractivity contribution is 5.56. The molecule has 1 unspecified atom stereocenters. The molecule has 1 aliphatic heterocycles. The summed E-state index contributed by atoms with van der Waals surface area (Å²) in [6, 6.07) is 6.86. The molecule has 1 aromatic carbocycles. The summed E-state index contributed by atoms with van der Waals surface area (Å²) in [5.41, 5.74) is 0.682. The monoisotopic (exact) mass is 245 g/mol. The van der Waals surface area contributed by atoms with Crippen LogP contribution in [0.5, 0.6) is 5.75 Å². The van der Waals surface area contributed by atoms with E-state index in [-0.39, 0.29) is 11.2 Å². The number of aromatic hydroxyl groups is 1. The van der Waals surface area contributed by atoms with Crippen LogP contribution in [0.15, 0.2) is 28.8 Å². The van der Waals surface area contributed by atoms with Crippen molar-refractivity contribution in [1.82, 2.24) is 15.5 Å². The van der Waals surface area contributed by atoms with Crippen molar-refractivity contribution in [3.8, 4) is 17.1 Å². The first kappa shape index (κ1) is 11.2. The van der Waals surface area contributed by atoms with E-state index in [1.165, 1.54) is 0 Å². The first-order valence-electron chi connectivity index (χ1n) is 6.02. The maximum absolute atomic E-state index is 9.45. The van der Waals surface area contributed by atoms with Crippen LogP contribution in [0.25, 0.3) is 11.4 Å². The van der Waals surface area contributed by atoms with Crippen LogP contribution in [-0.4, -0.2) is 28.3 Å². The van der Waals surface area contributed by atoms with Gasteiger partial charge in [0.15, 0.2) is 0 Å². The fourth-order valence-corrected chi connectivity index (χ4v) is 2.23. The summed E-state index contributed by atoms with van der Waals surface area (Å²) in [6.07, 6.45) is 0.995. The predicted molar refractivity (Wildman–Crippen MR) is 66.2 cm³/mol. The van der Waals surface area contributed by atoms with Gasteiger partial charge >= 0.3 is 0 Å². The number of phenolic OH excluding ortho intramolecular Hbond substituents is 1. The van der Waals surface area contributed by atoms with Crippen molar-refractivity contribution in [3.63, 3.8) is 0 Å². The fraction of sp³-hybridized carbons (Fsp3) is 0.385. The van der Waals surface area contributed by atoms with Crippen LogP contribution in [0.1, 0.15) is 19.2 Å². The van der Waals surface area contributed by atoms with Gasteiger partial charge in [0.05, 0.1) is 5.41 Å². The van der Waals surface area contributed by atoms with Gasteiger partial charge in [-0.1, -0.05) is 17.3 Å². The minimum Gasteiger partial charge on any atom is -0.508 e. The summed E-state index contributed by atoms with van der Waals surface area (Å²) in [5.74, 6) is 1.38. The lowest BCUT2D eigenvalue weighted by molar-refractivity contribution is 0.306. The Morgan fingerprint density at radius 2 is 2.33 bits per heavy atom. The van der Waals surface area contributed by atoms with E-state index in [4.69, 9.17) is 4.52 Å². The van der Waals surface area contributed by atoms with Crippen molar-refractivity contribution in [2.45, 2.75) is 18.8 Å². The molecule has 2 aromatic rings. The molecule has 0 radical (unpaired) electrons. The van der Waals surface area contributed by atoms with Gasteiger partial charge < -0.3 is 14.9 Å². The summed E-state index contributed by atoms with van der Waals surface area (Å²) in [5, 5.41) is 16.7. The highest BCUT2D eigenvalue weighted by Crippen LogP contribution is 2.30. The molecular formula is C13H15N3O2. The van der Waals surface area contributed by atoms with Gasteiger partial charge in [0.2, 0.25) is 11.7 Å². The van der Waals surface area contributed by atoms with Crippen molar-refractivity contribution < 1.29 is 9.63 Å². The van der Waals surface area contributed by atoms with Crippen LogP contribution < -0.4 is 5.32 Å². The maximum Gasteiger partial charge on any atom is 0.234 e. The number of nitrogens with zero attached hydrogens (tertiary/aromatic N) is 2. The molecule has 1 aliphatic rings. The Bertz CT molecular complexity index is 559. The van der Waals surface area contributed by atoms with Crippen LogP contribution >= 0.6 is 0 Å². The van der Waals surface area contributed by atoms with Gasteiger partial charge in [0.1, 0.15) is 5.75 Å². The van der Waals surface area contributed by atoms with Gasteiger partial charge in [-0.3, -0.25) is 0 Å². The molecule has 5 nitrogen and oxygen atoms in total. The van der Waals surface area contributed by atoms with E-state index >= 15 is 0 Å². The van der Waals surface area contributed by atoms with Gasteiger partial charge in [-0.25, -0.2) is 0 Å². The number of rotatable bonds is 2. The Hall–Kier alpha value is -1.88. The lowest BCUT2D eigenvalue weighted by Gasteiger charge is -2.15. The van der Waals surface area contributed by atoms with Gasteiger partial charge in [-0.2, -0.15) is 4.98 Å². The molecule has 0 saturated carbocycles. The molecule has 0 bridgehead atoms. The maximum atomic E-state index is 9.45. The number of benzene rings is 1. The van der Waals surface area contributed by atoms with Crippen molar-refractivity contribution >= 4 is 0 Å². The van der Waals surface area contributed by atoms with Crippen LogP contribution in [0.3, 0.4) is 0 Å². The summed E-state index contributed by atoms with van der Waals surface area (Å²) < 4.78 is 5.36. The number of hydrogen-bond donors (Lipinski definition) is 2. The Labute approximate surface area is 105 Å². The zero-order valence-electron chi connectivity index (χ0n) is 10.2. The van der Waals surface area contributed by atoms with Gasteiger partial charge in [0, 0.05) is 12.1 Å². The average Bonchev–Trinajstić information content (AvgIpc) is 2.98. The van der Waals surface area contributed by atoms with E-state index in [9.17, 15) is 5.11 Å². The highest BCUT2D eigenvalue weighted by Gasteiger charge is 2.36. The summed E-state index contributed by atoms with van der Waals surface area (Å²) in [7, 11) is 0.